The van der Waals surface area contributed by atoms with Crippen molar-refractivity contribution in [3.63, 3.8) is 0 Å². The molecule has 0 saturated carbocycles. The Bertz CT molecular complexity index is 1090. The van der Waals surface area contributed by atoms with Gasteiger partial charge in [0.05, 0.1) is 15.5 Å². The second-order valence-corrected chi connectivity index (χ2v) is 8.17. The number of phenols is 1. The first-order valence-electron chi connectivity index (χ1n) is 9.03. The molecular formula is C20H16FN3O5S2. The number of halogens is 1. The number of aromatic hydroxyl groups is 1. The van der Waals surface area contributed by atoms with E-state index in [4.69, 9.17) is 12.2 Å². The molecule has 3 rings (SSSR count). The minimum absolute atomic E-state index is 0.0101. The third kappa shape index (κ3) is 5.64. The number of thiocarbonyl (C=S) groups is 1. The van der Waals surface area contributed by atoms with E-state index >= 15 is 0 Å². The molecule has 0 bridgehead atoms. The van der Waals surface area contributed by atoms with Crippen molar-refractivity contribution >= 4 is 57.6 Å². The van der Waals surface area contributed by atoms with Crippen molar-refractivity contribution in [1.82, 2.24) is 4.90 Å². The molecule has 0 unspecified atom stereocenters. The normalized spacial score (nSPS) is 14.9. The number of nitro groups is 1. The number of nitro benzene ring substituents is 1. The lowest BCUT2D eigenvalue weighted by atomic mass is 10.2. The summed E-state index contributed by atoms with van der Waals surface area (Å²) in [6, 6.07) is 9.01. The van der Waals surface area contributed by atoms with Gasteiger partial charge in [0.15, 0.2) is 0 Å². The van der Waals surface area contributed by atoms with Crippen LogP contribution >= 0.6 is 24.0 Å². The molecule has 1 heterocycles. The fourth-order valence-corrected chi connectivity index (χ4v) is 4.06. The average Bonchev–Trinajstić information content (AvgIpc) is 2.98. The summed E-state index contributed by atoms with van der Waals surface area (Å²) in [6.45, 7) is 0.208. The van der Waals surface area contributed by atoms with Gasteiger partial charge in [-0.15, -0.1) is 0 Å². The summed E-state index contributed by atoms with van der Waals surface area (Å²) < 4.78 is 13.4. The number of rotatable bonds is 7. The summed E-state index contributed by atoms with van der Waals surface area (Å²) in [7, 11) is 0. The molecule has 2 aromatic carbocycles. The summed E-state index contributed by atoms with van der Waals surface area (Å²) in [4.78, 5) is 36.7. The Morgan fingerprint density at radius 2 is 2.00 bits per heavy atom. The quantitative estimate of drug-likeness (QED) is 0.210. The molecule has 2 N–H and O–H groups in total. The van der Waals surface area contributed by atoms with Crippen LogP contribution in [0.15, 0.2) is 47.4 Å². The van der Waals surface area contributed by atoms with Crippen molar-refractivity contribution in [1.29, 1.82) is 0 Å². The van der Waals surface area contributed by atoms with E-state index in [1.165, 1.54) is 17.0 Å². The summed E-state index contributed by atoms with van der Waals surface area (Å²) in [5, 5.41) is 23.0. The first kappa shape index (κ1) is 22.4. The number of anilines is 1. The summed E-state index contributed by atoms with van der Waals surface area (Å²) in [6.07, 6.45) is 1.92. The van der Waals surface area contributed by atoms with E-state index < -0.39 is 10.8 Å². The van der Waals surface area contributed by atoms with Gasteiger partial charge in [-0.25, -0.2) is 4.39 Å². The molecule has 8 nitrogen and oxygen atoms in total. The lowest BCUT2D eigenvalue weighted by Gasteiger charge is -2.14. The zero-order chi connectivity index (χ0) is 22.5. The van der Waals surface area contributed by atoms with Gasteiger partial charge < -0.3 is 10.4 Å². The number of nitrogens with one attached hydrogen (secondary N) is 1. The maximum Gasteiger partial charge on any atom is 0.271 e. The Labute approximate surface area is 185 Å². The Hall–Kier alpha value is -3.31. The van der Waals surface area contributed by atoms with Gasteiger partial charge in [-0.1, -0.05) is 36.1 Å². The molecule has 0 aromatic heterocycles. The molecule has 0 radical (unpaired) electrons. The number of benzene rings is 2. The van der Waals surface area contributed by atoms with Gasteiger partial charge in [0.25, 0.3) is 11.6 Å². The maximum atomic E-state index is 13.0. The van der Waals surface area contributed by atoms with E-state index in [1.54, 1.807) is 18.2 Å². The van der Waals surface area contributed by atoms with E-state index in [9.17, 15) is 29.2 Å². The average molecular weight is 461 g/mol. The van der Waals surface area contributed by atoms with Gasteiger partial charge in [0, 0.05) is 25.1 Å². The van der Waals surface area contributed by atoms with Crippen LogP contribution in [0.3, 0.4) is 0 Å². The van der Waals surface area contributed by atoms with Crippen molar-refractivity contribution in [3.05, 3.63) is 68.9 Å². The largest absolute Gasteiger partial charge is 0.506 e. The molecule has 1 aliphatic heterocycles. The molecule has 11 heteroatoms. The van der Waals surface area contributed by atoms with E-state index in [0.717, 1.165) is 30.0 Å². The fourth-order valence-electron chi connectivity index (χ4n) is 2.75. The molecule has 31 heavy (non-hydrogen) atoms. The molecule has 160 valence electrons. The minimum atomic E-state index is -0.635. The van der Waals surface area contributed by atoms with E-state index in [1.807, 2.05) is 0 Å². The highest BCUT2D eigenvalue weighted by molar-refractivity contribution is 8.26. The van der Waals surface area contributed by atoms with Crippen molar-refractivity contribution in [2.24, 2.45) is 0 Å². The van der Waals surface area contributed by atoms with Crippen molar-refractivity contribution in [2.75, 3.05) is 11.9 Å². The zero-order valence-electron chi connectivity index (χ0n) is 15.9. The van der Waals surface area contributed by atoms with E-state index in [-0.39, 0.29) is 48.2 Å². The topological polar surface area (TPSA) is 113 Å². The first-order chi connectivity index (χ1) is 14.7. The Balaban J connectivity index is 1.55. The molecule has 0 atom stereocenters. The van der Waals surface area contributed by atoms with Gasteiger partial charge >= 0.3 is 0 Å². The van der Waals surface area contributed by atoms with Crippen LogP contribution in [0.5, 0.6) is 5.75 Å². The minimum Gasteiger partial charge on any atom is -0.506 e. The molecule has 1 aliphatic rings. The number of non-ortho nitro benzene ring substituents is 1. The highest BCUT2D eigenvalue weighted by Gasteiger charge is 2.31. The highest BCUT2D eigenvalue weighted by Crippen LogP contribution is 2.33. The molecule has 2 amide bonds. The predicted octanol–water partition coefficient (Wildman–Crippen LogP) is 4.06. The van der Waals surface area contributed by atoms with Crippen LogP contribution in [0, 0.1) is 15.9 Å². The van der Waals surface area contributed by atoms with Gasteiger partial charge in [0.2, 0.25) is 5.91 Å². The number of carbonyl (C=O) groups is 2. The van der Waals surface area contributed by atoms with Crippen LogP contribution < -0.4 is 5.32 Å². The lowest BCUT2D eigenvalue weighted by Crippen LogP contribution is -2.29. The number of amides is 2. The van der Waals surface area contributed by atoms with Crippen LogP contribution in [-0.2, 0) is 9.59 Å². The van der Waals surface area contributed by atoms with Crippen LogP contribution in [0.25, 0.3) is 6.08 Å². The second kappa shape index (κ2) is 9.67. The third-order valence-corrected chi connectivity index (χ3v) is 5.67. The smallest absolute Gasteiger partial charge is 0.271 e. The number of nitrogens with zero attached hydrogens (tertiary/aromatic N) is 2. The Morgan fingerprint density at radius 3 is 2.68 bits per heavy atom. The first-order valence-corrected chi connectivity index (χ1v) is 10.3. The fraction of sp³-hybridized carbons (Fsp3) is 0.150. The molecule has 0 aliphatic carbocycles. The Morgan fingerprint density at radius 1 is 1.29 bits per heavy atom. The van der Waals surface area contributed by atoms with Crippen LogP contribution in [0.4, 0.5) is 15.8 Å². The molecule has 2 aromatic rings. The molecule has 1 fully saturated rings. The number of thioether (sulfide) groups is 1. The molecule has 0 spiro atoms. The standard InChI is InChI=1S/C20H16FN3O5S2/c21-13-5-3-12(4-6-13)10-17-19(27)23(20(30)31-17)9-1-2-18(26)22-15-11-14(24(28)29)7-8-16(15)25/h3-8,10-11,25H,1-2,9H2,(H,22,26)/b17-10-. The lowest BCUT2D eigenvalue weighted by molar-refractivity contribution is -0.384. The summed E-state index contributed by atoms with van der Waals surface area (Å²) >= 11 is 6.37. The van der Waals surface area contributed by atoms with Crippen LogP contribution in [-0.4, -0.2) is 37.6 Å². The molecular weight excluding hydrogens is 445 g/mol. The van der Waals surface area contributed by atoms with Gasteiger partial charge in [-0.2, -0.15) is 0 Å². The number of hydrogen-bond acceptors (Lipinski definition) is 7. The highest BCUT2D eigenvalue weighted by atomic mass is 32.2. The predicted molar refractivity (Wildman–Crippen MR) is 119 cm³/mol. The van der Waals surface area contributed by atoms with E-state index in [0.29, 0.717) is 14.8 Å². The second-order valence-electron chi connectivity index (χ2n) is 6.50. The van der Waals surface area contributed by atoms with E-state index in [2.05, 4.69) is 5.32 Å². The Kier molecular flexibility index (Phi) is 6.98. The van der Waals surface area contributed by atoms with Crippen molar-refractivity contribution in [3.8, 4) is 5.75 Å². The van der Waals surface area contributed by atoms with Gasteiger partial charge in [-0.3, -0.25) is 24.6 Å². The third-order valence-electron chi connectivity index (χ3n) is 4.29. The van der Waals surface area contributed by atoms with Crippen molar-refractivity contribution < 1.29 is 24.0 Å². The molecule has 1 saturated heterocycles. The number of phenolic OH excluding ortho intramolecular Hbond substituents is 1. The van der Waals surface area contributed by atoms with Gasteiger partial charge in [-0.05, 0) is 36.3 Å². The van der Waals surface area contributed by atoms with Crippen molar-refractivity contribution in [2.45, 2.75) is 12.8 Å². The maximum absolute atomic E-state index is 13.0. The van der Waals surface area contributed by atoms with Crippen LogP contribution in [0.1, 0.15) is 18.4 Å². The SMILES string of the molecule is O=C(CCCN1C(=O)/C(=C/c2ccc(F)cc2)SC1=S)Nc1cc([N+](=O)[O-])ccc1O. The van der Waals surface area contributed by atoms with Gasteiger partial charge in [0.1, 0.15) is 15.9 Å². The number of hydrogen-bond donors (Lipinski definition) is 2. The van der Waals surface area contributed by atoms with Crippen LogP contribution in [0.2, 0.25) is 0 Å². The zero-order valence-corrected chi connectivity index (χ0v) is 17.5. The number of carbonyl (C=O) groups excluding carboxylic acids is 2. The summed E-state index contributed by atoms with van der Waals surface area (Å²) in [5.41, 5.74) is 0.337. The monoisotopic (exact) mass is 461 g/mol. The summed E-state index contributed by atoms with van der Waals surface area (Å²) in [5.74, 6) is -1.43.